The van der Waals surface area contributed by atoms with Crippen molar-refractivity contribution >= 4 is 5.91 Å². The van der Waals surface area contributed by atoms with Crippen LogP contribution < -0.4 is 9.47 Å². The Bertz CT molecular complexity index is 906. The van der Waals surface area contributed by atoms with Gasteiger partial charge in [-0.2, -0.15) is 4.98 Å². The first-order chi connectivity index (χ1) is 13.2. The van der Waals surface area contributed by atoms with E-state index in [9.17, 15) is 4.79 Å². The number of amides is 1. The molecule has 0 aliphatic carbocycles. The first kappa shape index (κ1) is 18.4. The van der Waals surface area contributed by atoms with E-state index in [0.717, 1.165) is 11.3 Å². The molecular weight excluding hydrogens is 346 g/mol. The minimum Gasteiger partial charge on any atom is -0.497 e. The summed E-state index contributed by atoms with van der Waals surface area (Å²) < 4.78 is 15.8. The Morgan fingerprint density at radius 2 is 1.81 bits per heavy atom. The molecule has 3 rings (SSSR count). The van der Waals surface area contributed by atoms with Crippen LogP contribution in [-0.4, -0.2) is 41.7 Å². The van der Waals surface area contributed by atoms with Crippen LogP contribution in [0, 0.1) is 0 Å². The van der Waals surface area contributed by atoms with E-state index in [-0.39, 0.29) is 12.5 Å². The predicted molar refractivity (Wildman–Crippen MR) is 99.7 cm³/mol. The molecule has 0 fully saturated rings. The number of rotatable bonds is 7. The van der Waals surface area contributed by atoms with E-state index in [1.807, 2.05) is 37.3 Å². The summed E-state index contributed by atoms with van der Waals surface area (Å²) in [5, 5.41) is 4.01. The highest BCUT2D eigenvalue weighted by molar-refractivity contribution is 5.96. The summed E-state index contributed by atoms with van der Waals surface area (Å²) in [7, 11) is 3.15. The second kappa shape index (κ2) is 8.35. The lowest BCUT2D eigenvalue weighted by Crippen LogP contribution is -2.30. The molecule has 140 valence electrons. The van der Waals surface area contributed by atoms with Gasteiger partial charge in [0.15, 0.2) is 0 Å². The Morgan fingerprint density at radius 1 is 1.07 bits per heavy atom. The number of para-hydroxylation sites is 1. The Kier molecular flexibility index (Phi) is 5.71. The summed E-state index contributed by atoms with van der Waals surface area (Å²) in [5.41, 5.74) is 1.31. The lowest BCUT2D eigenvalue weighted by Gasteiger charge is -2.20. The molecule has 0 aliphatic heterocycles. The largest absolute Gasteiger partial charge is 0.497 e. The van der Waals surface area contributed by atoms with E-state index in [4.69, 9.17) is 14.0 Å². The molecule has 0 N–H and O–H groups in total. The topological polar surface area (TPSA) is 77.7 Å². The average molecular weight is 367 g/mol. The Balaban J connectivity index is 1.77. The minimum absolute atomic E-state index is 0.154. The van der Waals surface area contributed by atoms with Crippen molar-refractivity contribution in [3.63, 3.8) is 0 Å². The number of methoxy groups -OCH3 is 2. The first-order valence-electron chi connectivity index (χ1n) is 8.55. The van der Waals surface area contributed by atoms with E-state index in [1.165, 1.54) is 0 Å². The number of aromatic nitrogens is 2. The fourth-order valence-corrected chi connectivity index (χ4v) is 2.66. The van der Waals surface area contributed by atoms with Crippen molar-refractivity contribution in [1.82, 2.24) is 15.0 Å². The van der Waals surface area contributed by atoms with E-state index in [0.29, 0.717) is 29.6 Å². The van der Waals surface area contributed by atoms with Gasteiger partial charge in [-0.1, -0.05) is 17.3 Å². The monoisotopic (exact) mass is 367 g/mol. The molecule has 0 bridgehead atoms. The third-order valence-corrected chi connectivity index (χ3v) is 4.15. The van der Waals surface area contributed by atoms with Crippen LogP contribution in [0.15, 0.2) is 53.1 Å². The third kappa shape index (κ3) is 4.08. The molecule has 3 aromatic rings. The SMILES string of the molecule is CCN(Cc1nc(-c2ccc(OC)cc2)no1)C(=O)c1ccccc1OC. The first-order valence-corrected chi connectivity index (χ1v) is 8.55. The molecule has 1 aromatic heterocycles. The van der Waals surface area contributed by atoms with Gasteiger partial charge in [-0.3, -0.25) is 4.79 Å². The fraction of sp³-hybridized carbons (Fsp3) is 0.250. The number of hydrogen-bond acceptors (Lipinski definition) is 6. The molecule has 27 heavy (non-hydrogen) atoms. The summed E-state index contributed by atoms with van der Waals surface area (Å²) in [6.45, 7) is 2.61. The minimum atomic E-state index is -0.154. The van der Waals surface area contributed by atoms with E-state index < -0.39 is 0 Å². The highest BCUT2D eigenvalue weighted by Crippen LogP contribution is 2.22. The zero-order chi connectivity index (χ0) is 19.2. The maximum absolute atomic E-state index is 12.8. The fourth-order valence-electron chi connectivity index (χ4n) is 2.66. The van der Waals surface area contributed by atoms with Crippen molar-refractivity contribution in [3.8, 4) is 22.9 Å². The van der Waals surface area contributed by atoms with Crippen molar-refractivity contribution in [2.24, 2.45) is 0 Å². The number of ether oxygens (including phenoxy) is 2. The number of carbonyl (C=O) groups excluding carboxylic acids is 1. The Morgan fingerprint density at radius 3 is 2.48 bits per heavy atom. The standard InChI is InChI=1S/C20H21N3O4/c1-4-23(20(24)16-7-5-6-8-17(16)26-3)13-18-21-19(22-27-18)14-9-11-15(25-2)12-10-14/h5-12H,4,13H2,1-3H3. The summed E-state index contributed by atoms with van der Waals surface area (Å²) in [4.78, 5) is 18.9. The van der Waals surface area contributed by atoms with Gasteiger partial charge in [0.2, 0.25) is 11.7 Å². The van der Waals surface area contributed by atoms with Crippen LogP contribution in [0.25, 0.3) is 11.4 Å². The highest BCUT2D eigenvalue weighted by atomic mass is 16.5. The molecule has 7 nitrogen and oxygen atoms in total. The Hall–Kier alpha value is -3.35. The molecule has 0 atom stereocenters. The molecule has 0 radical (unpaired) electrons. The molecule has 0 unspecified atom stereocenters. The lowest BCUT2D eigenvalue weighted by molar-refractivity contribution is 0.0731. The van der Waals surface area contributed by atoms with E-state index in [1.54, 1.807) is 37.3 Å². The molecule has 1 amide bonds. The quantitative estimate of drug-likeness (QED) is 0.637. The third-order valence-electron chi connectivity index (χ3n) is 4.15. The molecule has 7 heteroatoms. The second-order valence-electron chi connectivity index (χ2n) is 5.76. The second-order valence-corrected chi connectivity index (χ2v) is 5.76. The molecular formula is C20H21N3O4. The van der Waals surface area contributed by atoms with Gasteiger partial charge in [-0.15, -0.1) is 0 Å². The van der Waals surface area contributed by atoms with Gasteiger partial charge >= 0.3 is 0 Å². The highest BCUT2D eigenvalue weighted by Gasteiger charge is 2.21. The van der Waals surface area contributed by atoms with Crippen molar-refractivity contribution in [2.45, 2.75) is 13.5 Å². The number of benzene rings is 2. The summed E-state index contributed by atoms with van der Waals surface area (Å²) in [6.07, 6.45) is 0. The van der Waals surface area contributed by atoms with Gasteiger partial charge in [0.25, 0.3) is 5.91 Å². The van der Waals surface area contributed by atoms with Crippen LogP contribution in [0.4, 0.5) is 0 Å². The molecule has 0 saturated carbocycles. The van der Waals surface area contributed by atoms with Gasteiger partial charge in [-0.05, 0) is 43.3 Å². The molecule has 0 aliphatic rings. The van der Waals surface area contributed by atoms with Crippen molar-refractivity contribution < 1.29 is 18.8 Å². The van der Waals surface area contributed by atoms with Crippen LogP contribution in [-0.2, 0) is 6.54 Å². The van der Waals surface area contributed by atoms with Gasteiger partial charge in [0, 0.05) is 12.1 Å². The number of carbonyl (C=O) groups is 1. The van der Waals surface area contributed by atoms with E-state index in [2.05, 4.69) is 10.1 Å². The van der Waals surface area contributed by atoms with Crippen LogP contribution in [0.1, 0.15) is 23.2 Å². The summed E-state index contributed by atoms with van der Waals surface area (Å²) in [5.74, 6) is 1.96. The zero-order valence-corrected chi connectivity index (χ0v) is 15.5. The van der Waals surface area contributed by atoms with Crippen LogP contribution in [0.5, 0.6) is 11.5 Å². The maximum atomic E-state index is 12.8. The normalized spacial score (nSPS) is 10.5. The van der Waals surface area contributed by atoms with Crippen LogP contribution in [0.3, 0.4) is 0 Å². The molecule has 0 spiro atoms. The van der Waals surface area contributed by atoms with Gasteiger partial charge in [-0.25, -0.2) is 0 Å². The van der Waals surface area contributed by atoms with Gasteiger partial charge in [0.05, 0.1) is 19.8 Å². The zero-order valence-electron chi connectivity index (χ0n) is 15.5. The molecule has 2 aromatic carbocycles. The van der Waals surface area contributed by atoms with Crippen molar-refractivity contribution in [3.05, 3.63) is 60.0 Å². The molecule has 1 heterocycles. The van der Waals surface area contributed by atoms with Crippen molar-refractivity contribution in [2.75, 3.05) is 20.8 Å². The average Bonchev–Trinajstić information content (AvgIpc) is 3.20. The number of hydrogen-bond donors (Lipinski definition) is 0. The number of nitrogens with zero attached hydrogens (tertiary/aromatic N) is 3. The summed E-state index contributed by atoms with van der Waals surface area (Å²) >= 11 is 0. The van der Waals surface area contributed by atoms with Gasteiger partial charge in [0.1, 0.15) is 18.0 Å². The van der Waals surface area contributed by atoms with Crippen LogP contribution >= 0.6 is 0 Å². The predicted octanol–water partition coefficient (Wildman–Crippen LogP) is 3.42. The van der Waals surface area contributed by atoms with Gasteiger partial charge < -0.3 is 18.9 Å². The van der Waals surface area contributed by atoms with Crippen molar-refractivity contribution in [1.29, 1.82) is 0 Å². The van der Waals surface area contributed by atoms with E-state index >= 15 is 0 Å². The lowest BCUT2D eigenvalue weighted by atomic mass is 10.1. The summed E-state index contributed by atoms with van der Waals surface area (Å²) in [6, 6.07) is 14.5. The maximum Gasteiger partial charge on any atom is 0.258 e. The smallest absolute Gasteiger partial charge is 0.258 e. The molecule has 0 saturated heterocycles. The van der Waals surface area contributed by atoms with Crippen LogP contribution in [0.2, 0.25) is 0 Å². The Labute approximate surface area is 157 Å².